The van der Waals surface area contributed by atoms with E-state index in [0.29, 0.717) is 37.4 Å². The molecule has 0 spiro atoms. The zero-order chi connectivity index (χ0) is 35.3. The molecule has 2 aromatic carbocycles. The Bertz CT molecular complexity index is 1910. The SMILES string of the molecule is CN1CC(Nc2cnn(C)c(=O)c2Cl)CC(c2ccc(C(=O)N3CCN(c4ccc5c(c4)C(=O)N(C4CCC(=O)NC4O)C5=O)CC3)cc2)C1. The topological polar surface area (TPSA) is 160 Å². The molecule has 14 nitrogen and oxygen atoms in total. The predicted molar refractivity (Wildman–Crippen MR) is 185 cm³/mol. The second-order valence-corrected chi connectivity index (χ2v) is 13.9. The van der Waals surface area contributed by atoms with E-state index >= 15 is 0 Å². The van der Waals surface area contributed by atoms with E-state index in [1.807, 2.05) is 29.2 Å². The number of rotatable bonds is 6. The molecule has 4 aliphatic rings. The summed E-state index contributed by atoms with van der Waals surface area (Å²) in [6.07, 6.45) is 1.42. The number of likely N-dealkylation sites (N-methyl/N-ethyl adjacent to an activating group) is 1. The van der Waals surface area contributed by atoms with Gasteiger partial charge in [0.2, 0.25) is 5.91 Å². The zero-order valence-electron chi connectivity index (χ0n) is 27.8. The number of benzene rings is 2. The van der Waals surface area contributed by atoms with Crippen LogP contribution in [-0.4, -0.2) is 118 Å². The Morgan fingerprint density at radius 1 is 0.960 bits per heavy atom. The van der Waals surface area contributed by atoms with E-state index in [0.717, 1.165) is 35.7 Å². The highest BCUT2D eigenvalue weighted by atomic mass is 35.5. The number of halogens is 1. The fraction of sp³-hybridized carbons (Fsp3) is 0.429. The van der Waals surface area contributed by atoms with Gasteiger partial charge in [-0.05, 0) is 61.7 Å². The Kier molecular flexibility index (Phi) is 9.09. The van der Waals surface area contributed by atoms with E-state index in [2.05, 4.69) is 32.6 Å². The van der Waals surface area contributed by atoms with Crippen LogP contribution >= 0.6 is 11.6 Å². The van der Waals surface area contributed by atoms with Crippen LogP contribution < -0.4 is 21.1 Å². The van der Waals surface area contributed by atoms with Crippen molar-refractivity contribution in [1.82, 2.24) is 29.8 Å². The molecule has 0 aliphatic carbocycles. The van der Waals surface area contributed by atoms with Crippen LogP contribution in [0.15, 0.2) is 53.5 Å². The highest BCUT2D eigenvalue weighted by molar-refractivity contribution is 6.33. The minimum atomic E-state index is -1.31. The second-order valence-electron chi connectivity index (χ2n) is 13.5. The van der Waals surface area contributed by atoms with Crippen LogP contribution in [-0.2, 0) is 11.8 Å². The first-order valence-electron chi connectivity index (χ1n) is 16.8. The average molecular weight is 703 g/mol. The van der Waals surface area contributed by atoms with Gasteiger partial charge in [-0.15, -0.1) is 0 Å². The van der Waals surface area contributed by atoms with Gasteiger partial charge in [-0.25, -0.2) is 4.68 Å². The number of likely N-dealkylation sites (tertiary alicyclic amines) is 1. The van der Waals surface area contributed by atoms with Crippen molar-refractivity contribution in [3.8, 4) is 0 Å². The average Bonchev–Trinajstić information content (AvgIpc) is 3.36. The van der Waals surface area contributed by atoms with Gasteiger partial charge in [0.1, 0.15) is 11.3 Å². The third kappa shape index (κ3) is 6.34. The number of anilines is 2. The number of carbonyl (C=O) groups is 4. The van der Waals surface area contributed by atoms with E-state index < -0.39 is 24.1 Å². The third-order valence-electron chi connectivity index (χ3n) is 10.2. The van der Waals surface area contributed by atoms with Crippen molar-refractivity contribution < 1.29 is 24.3 Å². The lowest BCUT2D eigenvalue weighted by Gasteiger charge is -2.37. The van der Waals surface area contributed by atoms with Crippen LogP contribution in [0, 0.1) is 0 Å². The smallest absolute Gasteiger partial charge is 0.287 e. The number of aliphatic hydroxyl groups excluding tert-OH is 1. The molecule has 3 saturated heterocycles. The molecule has 50 heavy (non-hydrogen) atoms. The Hall–Kier alpha value is -4.79. The molecule has 4 aliphatic heterocycles. The molecule has 3 aromatic rings. The highest BCUT2D eigenvalue weighted by Crippen LogP contribution is 2.33. The van der Waals surface area contributed by atoms with E-state index in [4.69, 9.17) is 11.6 Å². The molecule has 3 N–H and O–H groups in total. The lowest BCUT2D eigenvalue weighted by Crippen LogP contribution is -2.57. The number of carbonyl (C=O) groups excluding carboxylic acids is 4. The lowest BCUT2D eigenvalue weighted by atomic mass is 9.87. The Morgan fingerprint density at radius 3 is 2.40 bits per heavy atom. The second kappa shape index (κ2) is 13.5. The summed E-state index contributed by atoms with van der Waals surface area (Å²) in [4.78, 5) is 71.0. The molecule has 3 fully saturated rings. The van der Waals surface area contributed by atoms with Crippen molar-refractivity contribution in [1.29, 1.82) is 0 Å². The number of amides is 4. The van der Waals surface area contributed by atoms with Crippen molar-refractivity contribution in [2.45, 2.75) is 43.5 Å². The van der Waals surface area contributed by atoms with E-state index in [1.165, 1.54) is 4.68 Å². The van der Waals surface area contributed by atoms with Crippen molar-refractivity contribution in [2.24, 2.45) is 7.05 Å². The summed E-state index contributed by atoms with van der Waals surface area (Å²) >= 11 is 6.30. The normalized spacial score (nSPS) is 24.3. The molecular weight excluding hydrogens is 664 g/mol. The monoisotopic (exact) mass is 702 g/mol. The van der Waals surface area contributed by atoms with Gasteiger partial charge in [0, 0.05) is 70.0 Å². The van der Waals surface area contributed by atoms with Crippen LogP contribution in [0.2, 0.25) is 5.02 Å². The van der Waals surface area contributed by atoms with Crippen molar-refractivity contribution in [3.63, 3.8) is 0 Å². The van der Waals surface area contributed by atoms with Crippen LogP contribution in [0.5, 0.6) is 0 Å². The molecule has 0 bridgehead atoms. The molecule has 4 atom stereocenters. The molecule has 5 heterocycles. The number of nitrogens with zero attached hydrogens (tertiary/aromatic N) is 6. The van der Waals surface area contributed by atoms with Gasteiger partial charge in [-0.3, -0.25) is 28.9 Å². The molecule has 0 radical (unpaired) electrons. The fourth-order valence-electron chi connectivity index (χ4n) is 7.53. The number of fused-ring (bicyclic) bond motifs is 1. The first-order chi connectivity index (χ1) is 24.0. The number of piperidine rings is 2. The largest absolute Gasteiger partial charge is 0.378 e. The third-order valence-corrected chi connectivity index (χ3v) is 10.6. The van der Waals surface area contributed by atoms with Gasteiger partial charge in [0.25, 0.3) is 23.3 Å². The number of nitrogens with one attached hydrogen (secondary N) is 2. The van der Waals surface area contributed by atoms with Gasteiger partial charge in [-0.2, -0.15) is 5.10 Å². The van der Waals surface area contributed by atoms with E-state index in [9.17, 15) is 29.1 Å². The van der Waals surface area contributed by atoms with Crippen molar-refractivity contribution in [3.05, 3.63) is 86.3 Å². The van der Waals surface area contributed by atoms with E-state index in [-0.39, 0.29) is 58.3 Å². The maximum absolute atomic E-state index is 13.5. The maximum Gasteiger partial charge on any atom is 0.287 e. The van der Waals surface area contributed by atoms with Crippen LogP contribution in [0.25, 0.3) is 0 Å². The summed E-state index contributed by atoms with van der Waals surface area (Å²) in [5, 5.41) is 20.4. The van der Waals surface area contributed by atoms with Gasteiger partial charge in [0.05, 0.1) is 29.1 Å². The standard InChI is InChI=1S/C35H39ClN8O6/c1-40-18-22(15-23(19-40)38-27-17-37-41(2)35(50)30(27)36)20-3-5-21(6-4-20)32(47)43-13-11-42(12-14-43)24-7-8-25-26(16-24)34(49)44(33(25)48)28-9-10-29(45)39-31(28)46/h3-8,16-17,22-23,28,31,38,46H,9-15,18-19H2,1-2H3,(H,39,45). The van der Waals surface area contributed by atoms with Crippen molar-refractivity contribution >= 4 is 46.6 Å². The number of aliphatic hydroxyl groups is 1. The number of imide groups is 1. The summed E-state index contributed by atoms with van der Waals surface area (Å²) in [6.45, 7) is 3.73. The number of piperazine rings is 1. The van der Waals surface area contributed by atoms with E-state index in [1.54, 1.807) is 31.4 Å². The van der Waals surface area contributed by atoms with Crippen LogP contribution in [0.1, 0.15) is 61.8 Å². The van der Waals surface area contributed by atoms with Crippen LogP contribution in [0.3, 0.4) is 0 Å². The van der Waals surface area contributed by atoms with Crippen molar-refractivity contribution in [2.75, 3.05) is 56.5 Å². The summed E-state index contributed by atoms with van der Waals surface area (Å²) in [7, 11) is 3.62. The minimum absolute atomic E-state index is 0.0483. The first kappa shape index (κ1) is 33.7. The minimum Gasteiger partial charge on any atom is -0.378 e. The summed E-state index contributed by atoms with van der Waals surface area (Å²) in [6, 6.07) is 12.2. The quantitative estimate of drug-likeness (QED) is 0.321. The molecule has 0 saturated carbocycles. The predicted octanol–water partition coefficient (Wildman–Crippen LogP) is 1.49. The molecule has 4 amide bonds. The Morgan fingerprint density at radius 2 is 1.68 bits per heavy atom. The summed E-state index contributed by atoms with van der Waals surface area (Å²) in [5.41, 5.74) is 3.24. The first-order valence-corrected chi connectivity index (χ1v) is 17.2. The van der Waals surface area contributed by atoms with Gasteiger partial charge in [0.15, 0.2) is 0 Å². The number of aryl methyl sites for hydroxylation is 1. The summed E-state index contributed by atoms with van der Waals surface area (Å²) in [5.74, 6) is -1.11. The number of aromatic nitrogens is 2. The van der Waals surface area contributed by atoms with Crippen LogP contribution in [0.4, 0.5) is 11.4 Å². The molecule has 4 unspecified atom stereocenters. The number of hydrogen-bond donors (Lipinski definition) is 3. The molecule has 262 valence electrons. The highest BCUT2D eigenvalue weighted by Gasteiger charge is 2.44. The van der Waals surface area contributed by atoms with Gasteiger partial charge in [-0.1, -0.05) is 23.7 Å². The van der Waals surface area contributed by atoms with Gasteiger partial charge < -0.3 is 30.4 Å². The molecule has 15 heteroatoms. The zero-order valence-corrected chi connectivity index (χ0v) is 28.6. The maximum atomic E-state index is 13.5. The Balaban J connectivity index is 0.959. The summed E-state index contributed by atoms with van der Waals surface area (Å²) < 4.78 is 1.21. The van der Waals surface area contributed by atoms with Gasteiger partial charge >= 0.3 is 0 Å². The molecule has 7 rings (SSSR count). The molecular formula is C35H39ClN8O6. The molecule has 1 aromatic heterocycles. The fourth-order valence-corrected chi connectivity index (χ4v) is 7.76. The Labute approximate surface area is 293 Å². The number of hydrogen-bond acceptors (Lipinski definition) is 10. The lowest BCUT2D eigenvalue weighted by molar-refractivity contribution is -0.129.